The van der Waals surface area contributed by atoms with Gasteiger partial charge in [0.25, 0.3) is 5.91 Å². The van der Waals surface area contributed by atoms with Crippen molar-refractivity contribution in [2.45, 2.75) is 26.0 Å². The topological polar surface area (TPSA) is 68.3 Å². The van der Waals surface area contributed by atoms with E-state index in [4.69, 9.17) is 39.5 Å². The molecule has 0 radical (unpaired) electrons. The van der Waals surface area contributed by atoms with Crippen molar-refractivity contribution in [2.24, 2.45) is 0 Å². The molecule has 0 spiro atoms. The molecule has 0 saturated carbocycles. The second-order valence-electron chi connectivity index (χ2n) is 5.29. The highest BCUT2D eigenvalue weighted by atomic mass is 35.5. The van der Waals surface area contributed by atoms with Gasteiger partial charge >= 0.3 is 5.97 Å². The molecule has 0 aliphatic heterocycles. The number of rotatable bonds is 5. The summed E-state index contributed by atoms with van der Waals surface area (Å²) in [6.07, 6.45) is 0.435. The van der Waals surface area contributed by atoms with Crippen molar-refractivity contribution >= 4 is 46.7 Å². The van der Waals surface area contributed by atoms with Crippen LogP contribution in [-0.2, 0) is 9.53 Å². The lowest BCUT2D eigenvalue weighted by Gasteiger charge is -2.19. The summed E-state index contributed by atoms with van der Waals surface area (Å²) >= 11 is 17.8. The maximum atomic E-state index is 12.3. The van der Waals surface area contributed by atoms with E-state index in [0.717, 1.165) is 0 Å². The van der Waals surface area contributed by atoms with Crippen LogP contribution in [0.1, 0.15) is 35.8 Å². The fourth-order valence-electron chi connectivity index (χ4n) is 2.08. The minimum Gasteiger partial charge on any atom is -0.449 e. The molecule has 1 heterocycles. The Morgan fingerprint density at radius 3 is 2.52 bits per heavy atom. The highest BCUT2D eigenvalue weighted by Crippen LogP contribution is 2.26. The third-order valence-corrected chi connectivity index (χ3v) is 4.28. The van der Waals surface area contributed by atoms with Gasteiger partial charge in [-0.2, -0.15) is 0 Å². The number of carbonyl (C=O) groups excluding carboxylic acids is 2. The molecule has 2 rings (SSSR count). The highest BCUT2D eigenvalue weighted by Gasteiger charge is 2.23. The number of pyridine rings is 1. The predicted molar refractivity (Wildman–Crippen MR) is 97.1 cm³/mol. The largest absolute Gasteiger partial charge is 0.449 e. The van der Waals surface area contributed by atoms with Gasteiger partial charge in [0.05, 0.1) is 11.6 Å². The van der Waals surface area contributed by atoms with Gasteiger partial charge in [0.15, 0.2) is 6.10 Å². The van der Waals surface area contributed by atoms with Crippen LogP contribution < -0.4 is 5.32 Å². The fraction of sp³-hybridized carbons (Fsp3) is 0.235. The lowest BCUT2D eigenvalue weighted by atomic mass is 10.1. The molecule has 25 heavy (non-hydrogen) atoms. The third-order valence-electron chi connectivity index (χ3n) is 3.42. The number of hydrogen-bond donors (Lipinski definition) is 1. The lowest BCUT2D eigenvalue weighted by Crippen LogP contribution is -2.37. The van der Waals surface area contributed by atoms with Gasteiger partial charge in [0.2, 0.25) is 0 Å². The van der Waals surface area contributed by atoms with Crippen LogP contribution in [0.4, 0.5) is 0 Å². The Bertz CT molecular complexity index is 798. The van der Waals surface area contributed by atoms with Crippen molar-refractivity contribution in [1.29, 1.82) is 0 Å². The molecule has 0 fully saturated rings. The van der Waals surface area contributed by atoms with Crippen molar-refractivity contribution in [3.63, 3.8) is 0 Å². The summed E-state index contributed by atoms with van der Waals surface area (Å²) in [5, 5.41) is 3.69. The van der Waals surface area contributed by atoms with Crippen LogP contribution in [0.25, 0.3) is 0 Å². The van der Waals surface area contributed by atoms with E-state index in [9.17, 15) is 9.59 Å². The second kappa shape index (κ2) is 8.52. The average molecular weight is 402 g/mol. The quantitative estimate of drug-likeness (QED) is 0.593. The normalized spacial score (nSPS) is 13.0. The van der Waals surface area contributed by atoms with Crippen LogP contribution in [-0.4, -0.2) is 23.0 Å². The number of hydrogen-bond acceptors (Lipinski definition) is 4. The number of halogens is 3. The molecule has 0 saturated heterocycles. The summed E-state index contributed by atoms with van der Waals surface area (Å²) in [6, 6.07) is 7.63. The molecule has 1 aromatic heterocycles. The molecule has 0 aliphatic carbocycles. The van der Waals surface area contributed by atoms with Gasteiger partial charge in [0, 0.05) is 16.2 Å². The SMILES string of the molecule is C[C@H](OC(=O)c1cccnc1Cl)C(=O)N[C@H](C)c1ccc(Cl)cc1Cl. The molecule has 2 atom stereocenters. The van der Waals surface area contributed by atoms with Crippen molar-refractivity contribution in [3.05, 3.63) is 62.9 Å². The molecule has 8 heteroatoms. The molecule has 132 valence electrons. The first-order valence-corrected chi connectivity index (χ1v) is 8.49. The predicted octanol–water partition coefficient (Wildman–Crippen LogP) is 4.46. The van der Waals surface area contributed by atoms with E-state index in [2.05, 4.69) is 10.3 Å². The Morgan fingerprint density at radius 1 is 1.16 bits per heavy atom. The van der Waals surface area contributed by atoms with Crippen molar-refractivity contribution < 1.29 is 14.3 Å². The van der Waals surface area contributed by atoms with E-state index in [1.165, 1.54) is 19.2 Å². The van der Waals surface area contributed by atoms with E-state index in [-0.39, 0.29) is 16.8 Å². The Balaban J connectivity index is 2.00. The van der Waals surface area contributed by atoms with Gasteiger partial charge in [-0.1, -0.05) is 40.9 Å². The Morgan fingerprint density at radius 2 is 1.88 bits per heavy atom. The van der Waals surface area contributed by atoms with Gasteiger partial charge in [0.1, 0.15) is 5.15 Å². The maximum absolute atomic E-state index is 12.3. The number of ether oxygens (including phenoxy) is 1. The van der Waals surface area contributed by atoms with E-state index < -0.39 is 18.0 Å². The first kappa shape index (κ1) is 19.5. The van der Waals surface area contributed by atoms with Gasteiger partial charge in [-0.3, -0.25) is 4.79 Å². The maximum Gasteiger partial charge on any atom is 0.342 e. The van der Waals surface area contributed by atoms with E-state index in [0.29, 0.717) is 15.6 Å². The number of nitrogens with one attached hydrogen (secondary N) is 1. The Kier molecular flexibility index (Phi) is 6.64. The molecular weight excluding hydrogens is 387 g/mol. The summed E-state index contributed by atoms with van der Waals surface area (Å²) in [6.45, 7) is 3.23. The first-order valence-electron chi connectivity index (χ1n) is 7.36. The minimum absolute atomic E-state index is 0.0152. The number of benzene rings is 1. The fourth-order valence-corrected chi connectivity index (χ4v) is 2.85. The van der Waals surface area contributed by atoms with E-state index >= 15 is 0 Å². The van der Waals surface area contributed by atoms with E-state index in [1.54, 1.807) is 31.2 Å². The molecular formula is C17H15Cl3N2O3. The monoisotopic (exact) mass is 400 g/mol. The zero-order valence-electron chi connectivity index (χ0n) is 13.4. The number of carbonyl (C=O) groups is 2. The van der Waals surface area contributed by atoms with Crippen LogP contribution in [0, 0.1) is 0 Å². The Labute approximate surface area is 160 Å². The van der Waals surface area contributed by atoms with Crippen LogP contribution >= 0.6 is 34.8 Å². The van der Waals surface area contributed by atoms with Crippen LogP contribution in [0.5, 0.6) is 0 Å². The summed E-state index contributed by atoms with van der Waals surface area (Å²) in [5.41, 5.74) is 0.797. The van der Waals surface area contributed by atoms with Crippen LogP contribution in [0.15, 0.2) is 36.5 Å². The molecule has 0 aliphatic rings. The van der Waals surface area contributed by atoms with Gasteiger partial charge < -0.3 is 10.1 Å². The highest BCUT2D eigenvalue weighted by molar-refractivity contribution is 6.35. The van der Waals surface area contributed by atoms with Gasteiger partial charge in [-0.25, -0.2) is 9.78 Å². The minimum atomic E-state index is -1.02. The standard InChI is InChI=1S/C17H15Cl3N2O3/c1-9(12-6-5-11(18)8-14(12)19)22-16(23)10(2)25-17(24)13-4-3-7-21-15(13)20/h3-10H,1-2H3,(H,22,23)/t9-,10+/m1/s1. The zero-order chi connectivity index (χ0) is 18.6. The molecule has 5 nitrogen and oxygen atoms in total. The Hall–Kier alpha value is -1.82. The summed E-state index contributed by atoms with van der Waals surface area (Å²) in [4.78, 5) is 28.1. The average Bonchev–Trinajstić information content (AvgIpc) is 2.54. The van der Waals surface area contributed by atoms with Crippen LogP contribution in [0.3, 0.4) is 0 Å². The van der Waals surface area contributed by atoms with Crippen molar-refractivity contribution in [3.8, 4) is 0 Å². The van der Waals surface area contributed by atoms with Gasteiger partial charge in [-0.15, -0.1) is 0 Å². The van der Waals surface area contributed by atoms with Crippen LogP contribution in [0.2, 0.25) is 15.2 Å². The molecule has 1 amide bonds. The van der Waals surface area contributed by atoms with Gasteiger partial charge in [-0.05, 0) is 43.7 Å². The van der Waals surface area contributed by atoms with Crippen molar-refractivity contribution in [1.82, 2.24) is 10.3 Å². The molecule has 2 aromatic rings. The molecule has 1 aromatic carbocycles. The third kappa shape index (κ3) is 5.08. The zero-order valence-corrected chi connectivity index (χ0v) is 15.7. The summed E-state index contributed by atoms with van der Waals surface area (Å²) in [7, 11) is 0. The smallest absolute Gasteiger partial charge is 0.342 e. The second-order valence-corrected chi connectivity index (χ2v) is 6.49. The first-order chi connectivity index (χ1) is 11.8. The molecule has 0 unspecified atom stereocenters. The lowest BCUT2D eigenvalue weighted by molar-refractivity contribution is -0.129. The van der Waals surface area contributed by atoms with Crippen molar-refractivity contribution in [2.75, 3.05) is 0 Å². The number of aromatic nitrogens is 1. The number of nitrogens with zero attached hydrogens (tertiary/aromatic N) is 1. The number of amides is 1. The number of esters is 1. The molecule has 0 bridgehead atoms. The summed E-state index contributed by atoms with van der Waals surface area (Å²) in [5.74, 6) is -1.19. The van der Waals surface area contributed by atoms with E-state index in [1.807, 2.05) is 0 Å². The summed E-state index contributed by atoms with van der Waals surface area (Å²) < 4.78 is 5.14. The molecule has 1 N–H and O–H groups in total.